The van der Waals surface area contributed by atoms with Gasteiger partial charge >= 0.3 is 0 Å². The lowest BCUT2D eigenvalue weighted by atomic mass is 10.2. The number of halogens is 1. The molecule has 1 aliphatic rings. The van der Waals surface area contributed by atoms with Crippen molar-refractivity contribution in [2.75, 3.05) is 18.4 Å². The van der Waals surface area contributed by atoms with Gasteiger partial charge in [-0.2, -0.15) is 4.31 Å². The van der Waals surface area contributed by atoms with E-state index in [4.69, 9.17) is 16.3 Å². The second-order valence-corrected chi connectivity index (χ2v) is 9.50. The van der Waals surface area contributed by atoms with E-state index < -0.39 is 15.9 Å². The molecule has 0 saturated carbocycles. The molecular weight excluding hydrogens is 436 g/mol. The van der Waals surface area contributed by atoms with Gasteiger partial charge in [0.05, 0.1) is 15.5 Å². The van der Waals surface area contributed by atoms with E-state index in [1.807, 2.05) is 30.3 Å². The molecule has 3 aromatic rings. The molecule has 160 valence electrons. The van der Waals surface area contributed by atoms with Crippen molar-refractivity contribution in [2.45, 2.75) is 17.7 Å². The minimum Gasteiger partial charge on any atom is -0.457 e. The number of sulfonamides is 1. The SMILES string of the molecule is O=C(Nc1cccc(Oc2ccccc2)c1)c1cc(S(=O)(=O)N2CCCC2)ccc1Cl. The van der Waals surface area contributed by atoms with E-state index in [2.05, 4.69) is 5.32 Å². The van der Waals surface area contributed by atoms with Crippen LogP contribution in [0.4, 0.5) is 5.69 Å². The zero-order chi connectivity index (χ0) is 21.8. The molecule has 1 saturated heterocycles. The van der Waals surface area contributed by atoms with Crippen LogP contribution in [-0.2, 0) is 10.0 Å². The van der Waals surface area contributed by atoms with Crippen molar-refractivity contribution in [3.63, 3.8) is 0 Å². The second-order valence-electron chi connectivity index (χ2n) is 7.15. The lowest BCUT2D eigenvalue weighted by molar-refractivity contribution is 0.102. The molecule has 4 rings (SSSR count). The maximum absolute atomic E-state index is 12.9. The summed E-state index contributed by atoms with van der Waals surface area (Å²) in [4.78, 5) is 12.9. The van der Waals surface area contributed by atoms with Gasteiger partial charge in [0.25, 0.3) is 5.91 Å². The molecule has 0 spiro atoms. The summed E-state index contributed by atoms with van der Waals surface area (Å²) < 4.78 is 32.9. The minimum atomic E-state index is -3.65. The monoisotopic (exact) mass is 456 g/mol. The van der Waals surface area contributed by atoms with Crippen molar-refractivity contribution in [3.8, 4) is 11.5 Å². The smallest absolute Gasteiger partial charge is 0.257 e. The molecule has 0 bridgehead atoms. The van der Waals surface area contributed by atoms with Crippen LogP contribution >= 0.6 is 11.6 Å². The Hall–Kier alpha value is -2.87. The largest absolute Gasteiger partial charge is 0.457 e. The highest BCUT2D eigenvalue weighted by molar-refractivity contribution is 7.89. The molecule has 8 heteroatoms. The summed E-state index contributed by atoms with van der Waals surface area (Å²) in [5, 5.41) is 2.94. The highest BCUT2D eigenvalue weighted by Gasteiger charge is 2.28. The van der Waals surface area contributed by atoms with Crippen LogP contribution in [0.15, 0.2) is 77.7 Å². The molecule has 0 aliphatic carbocycles. The third-order valence-electron chi connectivity index (χ3n) is 4.96. The first kappa shape index (κ1) is 21.4. The quantitative estimate of drug-likeness (QED) is 0.555. The van der Waals surface area contributed by atoms with Gasteiger partial charge in [-0.1, -0.05) is 35.9 Å². The third kappa shape index (κ3) is 4.90. The number of benzene rings is 3. The zero-order valence-corrected chi connectivity index (χ0v) is 18.2. The summed E-state index contributed by atoms with van der Waals surface area (Å²) in [6.45, 7) is 0.974. The van der Waals surface area contributed by atoms with Gasteiger partial charge in [-0.25, -0.2) is 8.42 Å². The van der Waals surface area contributed by atoms with Gasteiger partial charge < -0.3 is 10.1 Å². The summed E-state index contributed by atoms with van der Waals surface area (Å²) in [5.74, 6) is 0.731. The number of para-hydroxylation sites is 1. The predicted octanol–water partition coefficient (Wildman–Crippen LogP) is 5.17. The molecule has 6 nitrogen and oxygen atoms in total. The Balaban J connectivity index is 1.54. The predicted molar refractivity (Wildman–Crippen MR) is 120 cm³/mol. The van der Waals surface area contributed by atoms with E-state index >= 15 is 0 Å². The summed E-state index contributed by atoms with van der Waals surface area (Å²) >= 11 is 6.21. The number of nitrogens with one attached hydrogen (secondary N) is 1. The Morgan fingerprint density at radius 3 is 2.35 bits per heavy atom. The van der Waals surface area contributed by atoms with Gasteiger partial charge in [-0.3, -0.25) is 4.79 Å². The Bertz CT molecular complexity index is 1190. The molecule has 1 amide bonds. The molecule has 31 heavy (non-hydrogen) atoms. The van der Waals surface area contributed by atoms with Gasteiger partial charge in [-0.15, -0.1) is 0 Å². The third-order valence-corrected chi connectivity index (χ3v) is 7.18. The second kappa shape index (κ2) is 9.09. The molecule has 1 fully saturated rings. The number of rotatable bonds is 6. The molecule has 0 aromatic heterocycles. The van der Waals surface area contributed by atoms with E-state index in [9.17, 15) is 13.2 Å². The van der Waals surface area contributed by atoms with Gasteiger partial charge in [0.1, 0.15) is 11.5 Å². The normalized spacial score (nSPS) is 14.4. The van der Waals surface area contributed by atoms with E-state index in [1.165, 1.54) is 22.5 Å². The van der Waals surface area contributed by atoms with Crippen LogP contribution in [0.5, 0.6) is 11.5 Å². The molecule has 1 N–H and O–H groups in total. The van der Waals surface area contributed by atoms with Gasteiger partial charge in [0.2, 0.25) is 10.0 Å². The number of anilines is 1. The van der Waals surface area contributed by atoms with Crippen LogP contribution in [0.25, 0.3) is 0 Å². The Morgan fingerprint density at radius 1 is 0.903 bits per heavy atom. The number of ether oxygens (including phenoxy) is 1. The topological polar surface area (TPSA) is 75.7 Å². The first-order valence-electron chi connectivity index (χ1n) is 9.87. The molecular formula is C23H21ClN2O4S. The van der Waals surface area contributed by atoms with Gasteiger partial charge in [0.15, 0.2) is 0 Å². The van der Waals surface area contributed by atoms with Gasteiger partial charge in [0, 0.05) is 24.8 Å². The van der Waals surface area contributed by atoms with Crippen LogP contribution in [0, 0.1) is 0 Å². The molecule has 3 aromatic carbocycles. The Morgan fingerprint density at radius 2 is 1.61 bits per heavy atom. The standard InChI is InChI=1S/C23H21ClN2O4S/c24-22-12-11-20(31(28,29)26-13-4-5-14-26)16-21(22)23(27)25-17-7-6-10-19(15-17)30-18-8-2-1-3-9-18/h1-3,6-12,15-16H,4-5,13-14H2,(H,25,27). The number of carbonyl (C=O) groups is 1. The van der Waals surface area contributed by atoms with Crippen LogP contribution in [0.2, 0.25) is 5.02 Å². The highest BCUT2D eigenvalue weighted by Crippen LogP contribution is 2.27. The number of hydrogen-bond donors (Lipinski definition) is 1. The fraction of sp³-hybridized carbons (Fsp3) is 0.174. The molecule has 0 radical (unpaired) electrons. The van der Waals surface area contributed by atoms with E-state index in [1.54, 1.807) is 24.3 Å². The number of carbonyl (C=O) groups excluding carboxylic acids is 1. The average Bonchev–Trinajstić information content (AvgIpc) is 3.31. The van der Waals surface area contributed by atoms with Crippen LogP contribution in [0.3, 0.4) is 0 Å². The van der Waals surface area contributed by atoms with E-state index in [0.717, 1.165) is 12.8 Å². The van der Waals surface area contributed by atoms with Crippen molar-refractivity contribution in [1.82, 2.24) is 4.31 Å². The Labute approximate surface area is 186 Å². The van der Waals surface area contributed by atoms with E-state index in [0.29, 0.717) is 30.3 Å². The first-order chi connectivity index (χ1) is 14.9. The number of nitrogens with zero attached hydrogens (tertiary/aromatic N) is 1. The van der Waals surface area contributed by atoms with Gasteiger partial charge in [-0.05, 0) is 55.3 Å². The van der Waals surface area contributed by atoms with Crippen LogP contribution in [0.1, 0.15) is 23.2 Å². The summed E-state index contributed by atoms with van der Waals surface area (Å²) in [6.07, 6.45) is 1.67. The van der Waals surface area contributed by atoms with Crippen LogP contribution in [-0.4, -0.2) is 31.7 Å². The molecule has 0 unspecified atom stereocenters. The zero-order valence-electron chi connectivity index (χ0n) is 16.6. The van der Waals surface area contributed by atoms with Crippen molar-refractivity contribution in [2.24, 2.45) is 0 Å². The van der Waals surface area contributed by atoms with Crippen molar-refractivity contribution in [3.05, 3.63) is 83.4 Å². The fourth-order valence-electron chi connectivity index (χ4n) is 3.38. The van der Waals surface area contributed by atoms with Crippen molar-refractivity contribution >= 4 is 33.2 Å². The summed E-state index contributed by atoms with van der Waals surface area (Å²) in [6, 6.07) is 20.4. The van der Waals surface area contributed by atoms with E-state index in [-0.39, 0.29) is 15.5 Å². The molecule has 0 atom stereocenters. The highest BCUT2D eigenvalue weighted by atomic mass is 35.5. The fourth-order valence-corrected chi connectivity index (χ4v) is 5.12. The van der Waals surface area contributed by atoms with Crippen LogP contribution < -0.4 is 10.1 Å². The maximum atomic E-state index is 12.9. The average molecular weight is 457 g/mol. The number of amides is 1. The number of hydrogen-bond acceptors (Lipinski definition) is 4. The molecule has 1 aliphatic heterocycles. The first-order valence-corrected chi connectivity index (χ1v) is 11.7. The van der Waals surface area contributed by atoms with Crippen molar-refractivity contribution < 1.29 is 17.9 Å². The van der Waals surface area contributed by atoms with Crippen molar-refractivity contribution in [1.29, 1.82) is 0 Å². The summed E-state index contributed by atoms with van der Waals surface area (Å²) in [5.41, 5.74) is 0.596. The lowest BCUT2D eigenvalue weighted by Crippen LogP contribution is -2.28. The molecule has 1 heterocycles. The summed E-state index contributed by atoms with van der Waals surface area (Å²) in [7, 11) is -3.65. The Kier molecular flexibility index (Phi) is 6.27. The minimum absolute atomic E-state index is 0.0603. The lowest BCUT2D eigenvalue weighted by Gasteiger charge is -2.16. The maximum Gasteiger partial charge on any atom is 0.257 e.